The van der Waals surface area contributed by atoms with Crippen LogP contribution in [0.5, 0.6) is 0 Å². The summed E-state index contributed by atoms with van der Waals surface area (Å²) in [7, 11) is 0. The van der Waals surface area contributed by atoms with E-state index in [9.17, 15) is 4.79 Å². The maximum atomic E-state index is 12.4. The lowest BCUT2D eigenvalue weighted by Crippen LogP contribution is -2.56. The first kappa shape index (κ1) is 16.0. The first-order chi connectivity index (χ1) is 9.90. The van der Waals surface area contributed by atoms with Crippen molar-refractivity contribution in [1.82, 2.24) is 5.32 Å². The summed E-state index contributed by atoms with van der Waals surface area (Å²) < 4.78 is 0. The summed E-state index contributed by atoms with van der Waals surface area (Å²) in [6, 6.07) is 8.44. The summed E-state index contributed by atoms with van der Waals surface area (Å²) in [4.78, 5) is 12.4. The van der Waals surface area contributed by atoms with E-state index in [4.69, 9.17) is 5.73 Å². The zero-order valence-corrected chi connectivity index (χ0v) is 13.5. The number of hydrogen-bond donors (Lipinski definition) is 2. The van der Waals surface area contributed by atoms with Gasteiger partial charge in [-0.1, -0.05) is 57.9 Å². The Hall–Kier alpha value is -1.35. The third kappa shape index (κ3) is 4.07. The Morgan fingerprint density at radius 1 is 1.38 bits per heavy atom. The zero-order valence-electron chi connectivity index (χ0n) is 13.5. The van der Waals surface area contributed by atoms with Gasteiger partial charge in [0.05, 0.1) is 5.54 Å². The molecule has 1 saturated carbocycles. The van der Waals surface area contributed by atoms with Gasteiger partial charge >= 0.3 is 0 Å². The van der Waals surface area contributed by atoms with Gasteiger partial charge in [0.2, 0.25) is 5.91 Å². The fourth-order valence-electron chi connectivity index (χ4n) is 3.18. The maximum Gasteiger partial charge on any atom is 0.240 e. The summed E-state index contributed by atoms with van der Waals surface area (Å²) >= 11 is 0. The molecule has 0 aromatic heterocycles. The van der Waals surface area contributed by atoms with Crippen LogP contribution in [-0.4, -0.2) is 11.4 Å². The van der Waals surface area contributed by atoms with Crippen LogP contribution >= 0.6 is 0 Å². The highest BCUT2D eigenvalue weighted by Gasteiger charge is 2.37. The van der Waals surface area contributed by atoms with E-state index in [1.807, 2.05) is 0 Å². The van der Waals surface area contributed by atoms with E-state index in [0.29, 0.717) is 18.4 Å². The Kier molecular flexibility index (Phi) is 5.04. The molecule has 1 fully saturated rings. The zero-order chi connectivity index (χ0) is 15.5. The largest absolute Gasteiger partial charge is 0.350 e. The van der Waals surface area contributed by atoms with Crippen molar-refractivity contribution in [2.24, 2.45) is 11.7 Å². The molecule has 0 bridgehead atoms. The highest BCUT2D eigenvalue weighted by molar-refractivity contribution is 5.86. The fourth-order valence-corrected chi connectivity index (χ4v) is 3.18. The Labute approximate surface area is 128 Å². The van der Waals surface area contributed by atoms with Crippen molar-refractivity contribution < 1.29 is 4.79 Å². The molecule has 3 heteroatoms. The van der Waals surface area contributed by atoms with E-state index in [-0.39, 0.29) is 5.91 Å². The normalized spacial score (nSPS) is 25.9. The van der Waals surface area contributed by atoms with Gasteiger partial charge < -0.3 is 11.1 Å². The molecule has 1 aromatic carbocycles. The van der Waals surface area contributed by atoms with Crippen molar-refractivity contribution in [3.05, 3.63) is 35.4 Å². The van der Waals surface area contributed by atoms with Crippen LogP contribution in [0.25, 0.3) is 0 Å². The van der Waals surface area contributed by atoms with Crippen LogP contribution in [-0.2, 0) is 11.3 Å². The second kappa shape index (κ2) is 6.61. The van der Waals surface area contributed by atoms with E-state index in [1.54, 1.807) is 0 Å². The number of nitrogens with one attached hydrogen (secondary N) is 1. The number of amides is 1. The summed E-state index contributed by atoms with van der Waals surface area (Å²) in [6.45, 7) is 7.10. The lowest BCUT2D eigenvalue weighted by atomic mass is 9.76. The molecular weight excluding hydrogens is 260 g/mol. The molecular formula is C18H28N2O. The van der Waals surface area contributed by atoms with Crippen LogP contribution in [0.1, 0.15) is 63.5 Å². The highest BCUT2D eigenvalue weighted by Crippen LogP contribution is 2.30. The van der Waals surface area contributed by atoms with E-state index in [2.05, 4.69) is 50.4 Å². The molecule has 21 heavy (non-hydrogen) atoms. The van der Waals surface area contributed by atoms with Gasteiger partial charge in [-0.05, 0) is 35.8 Å². The second-order valence-corrected chi connectivity index (χ2v) is 6.94. The third-order valence-electron chi connectivity index (χ3n) is 4.58. The highest BCUT2D eigenvalue weighted by atomic mass is 16.2. The van der Waals surface area contributed by atoms with Gasteiger partial charge in [-0.15, -0.1) is 0 Å². The molecule has 0 aliphatic heterocycles. The standard InChI is InChI=1S/C18H28N2O/c1-13(2)16-8-6-15(7-9-16)12-20-17(21)18(19)10-4-5-14(3)11-18/h6-9,13-14H,4-5,10-12,19H2,1-3H3,(H,20,21). The van der Waals surface area contributed by atoms with Gasteiger partial charge in [0.25, 0.3) is 0 Å². The minimum atomic E-state index is -0.671. The molecule has 1 amide bonds. The van der Waals surface area contributed by atoms with Crippen molar-refractivity contribution in [2.75, 3.05) is 0 Å². The van der Waals surface area contributed by atoms with Crippen molar-refractivity contribution in [3.8, 4) is 0 Å². The monoisotopic (exact) mass is 288 g/mol. The van der Waals surface area contributed by atoms with E-state index >= 15 is 0 Å². The minimum absolute atomic E-state index is 0.00184. The summed E-state index contributed by atoms with van der Waals surface area (Å²) in [5.74, 6) is 1.08. The summed E-state index contributed by atoms with van der Waals surface area (Å²) in [5.41, 5.74) is 8.08. The lowest BCUT2D eigenvalue weighted by molar-refractivity contribution is -0.128. The number of benzene rings is 1. The van der Waals surface area contributed by atoms with Crippen molar-refractivity contribution >= 4 is 5.91 Å². The summed E-state index contributed by atoms with van der Waals surface area (Å²) in [6.07, 6.45) is 3.83. The van der Waals surface area contributed by atoms with Gasteiger partial charge in [-0.25, -0.2) is 0 Å². The smallest absolute Gasteiger partial charge is 0.240 e. The molecule has 2 atom stereocenters. The number of carbonyl (C=O) groups is 1. The van der Waals surface area contributed by atoms with Crippen LogP contribution < -0.4 is 11.1 Å². The average molecular weight is 288 g/mol. The van der Waals surface area contributed by atoms with Crippen molar-refractivity contribution in [3.63, 3.8) is 0 Å². The predicted molar refractivity (Wildman–Crippen MR) is 86.9 cm³/mol. The Morgan fingerprint density at radius 3 is 2.62 bits per heavy atom. The number of rotatable bonds is 4. The van der Waals surface area contributed by atoms with Crippen LogP contribution in [0, 0.1) is 5.92 Å². The maximum absolute atomic E-state index is 12.4. The van der Waals surface area contributed by atoms with Gasteiger partial charge in [0.15, 0.2) is 0 Å². The lowest BCUT2D eigenvalue weighted by Gasteiger charge is -2.35. The van der Waals surface area contributed by atoms with Crippen LogP contribution in [0.4, 0.5) is 0 Å². The number of hydrogen-bond acceptors (Lipinski definition) is 2. The first-order valence-electron chi connectivity index (χ1n) is 8.07. The van der Waals surface area contributed by atoms with Crippen molar-refractivity contribution in [1.29, 1.82) is 0 Å². The van der Waals surface area contributed by atoms with Crippen LogP contribution in [0.2, 0.25) is 0 Å². The Morgan fingerprint density at radius 2 is 2.05 bits per heavy atom. The molecule has 116 valence electrons. The van der Waals surface area contributed by atoms with Gasteiger partial charge in [-0.3, -0.25) is 4.79 Å². The fraction of sp³-hybridized carbons (Fsp3) is 0.611. The second-order valence-electron chi connectivity index (χ2n) is 6.94. The van der Waals surface area contributed by atoms with Gasteiger partial charge in [-0.2, -0.15) is 0 Å². The third-order valence-corrected chi connectivity index (χ3v) is 4.58. The molecule has 0 radical (unpaired) electrons. The number of nitrogens with two attached hydrogens (primary N) is 1. The molecule has 0 heterocycles. The topological polar surface area (TPSA) is 55.1 Å². The molecule has 2 unspecified atom stereocenters. The van der Waals surface area contributed by atoms with E-state index < -0.39 is 5.54 Å². The van der Waals surface area contributed by atoms with E-state index in [0.717, 1.165) is 24.8 Å². The van der Waals surface area contributed by atoms with Crippen LogP contribution in [0.3, 0.4) is 0 Å². The quantitative estimate of drug-likeness (QED) is 0.893. The molecule has 1 aliphatic rings. The van der Waals surface area contributed by atoms with E-state index in [1.165, 1.54) is 12.0 Å². The predicted octanol–water partition coefficient (Wildman–Crippen LogP) is 3.33. The molecule has 1 aliphatic carbocycles. The Balaban J connectivity index is 1.91. The molecule has 2 rings (SSSR count). The molecule has 0 saturated heterocycles. The molecule has 1 aromatic rings. The summed E-state index contributed by atoms with van der Waals surface area (Å²) in [5, 5.41) is 3.01. The average Bonchev–Trinajstić information content (AvgIpc) is 2.44. The number of carbonyl (C=O) groups excluding carboxylic acids is 1. The molecule has 3 nitrogen and oxygen atoms in total. The Bertz CT molecular complexity index is 480. The van der Waals surface area contributed by atoms with Gasteiger partial charge in [0.1, 0.15) is 0 Å². The molecule has 3 N–H and O–H groups in total. The first-order valence-corrected chi connectivity index (χ1v) is 8.07. The van der Waals surface area contributed by atoms with Crippen LogP contribution in [0.15, 0.2) is 24.3 Å². The molecule has 0 spiro atoms. The van der Waals surface area contributed by atoms with Gasteiger partial charge in [0, 0.05) is 6.54 Å². The minimum Gasteiger partial charge on any atom is -0.350 e. The van der Waals surface area contributed by atoms with Crippen molar-refractivity contribution in [2.45, 2.75) is 64.5 Å². The SMILES string of the molecule is CC1CCCC(N)(C(=O)NCc2ccc(C(C)C)cc2)C1.